The molecular formula is C10H11Cl2N. The van der Waals surface area contributed by atoms with Gasteiger partial charge in [0.25, 0.3) is 0 Å². The van der Waals surface area contributed by atoms with E-state index in [1.807, 2.05) is 24.3 Å². The second-order valence-electron chi connectivity index (χ2n) is 2.66. The van der Waals surface area contributed by atoms with E-state index in [0.717, 1.165) is 12.0 Å². The molecule has 70 valence electrons. The van der Waals surface area contributed by atoms with Gasteiger partial charge >= 0.3 is 0 Å². The van der Waals surface area contributed by atoms with Gasteiger partial charge in [0, 0.05) is 5.88 Å². The fourth-order valence-electron chi connectivity index (χ4n) is 0.948. The van der Waals surface area contributed by atoms with Gasteiger partial charge in [-0.15, -0.1) is 11.6 Å². The Balaban J connectivity index is 2.73. The zero-order chi connectivity index (χ0) is 9.68. The molecule has 0 aliphatic heterocycles. The number of alkyl halides is 1. The number of allylic oxidation sites excluding steroid dienone is 1. The highest BCUT2D eigenvalue weighted by molar-refractivity contribution is 6.33. The topological polar surface area (TPSA) is 26.0 Å². The van der Waals surface area contributed by atoms with Crippen LogP contribution >= 0.6 is 23.2 Å². The van der Waals surface area contributed by atoms with Crippen molar-refractivity contribution in [2.45, 2.75) is 6.42 Å². The van der Waals surface area contributed by atoms with Crippen LogP contribution < -0.4 is 5.73 Å². The Morgan fingerprint density at radius 1 is 1.38 bits per heavy atom. The van der Waals surface area contributed by atoms with Gasteiger partial charge in [0.15, 0.2) is 0 Å². The molecule has 0 bridgehead atoms. The number of benzene rings is 1. The highest BCUT2D eigenvalue weighted by Crippen LogP contribution is 2.20. The predicted molar refractivity (Wildman–Crippen MR) is 60.2 cm³/mol. The Bertz CT molecular complexity index is 308. The van der Waals surface area contributed by atoms with Gasteiger partial charge < -0.3 is 5.73 Å². The summed E-state index contributed by atoms with van der Waals surface area (Å²) in [6.45, 7) is 0. The molecule has 3 heteroatoms. The molecule has 0 heterocycles. The summed E-state index contributed by atoms with van der Waals surface area (Å²) in [7, 11) is 0. The molecule has 2 N–H and O–H groups in total. The molecule has 1 aromatic rings. The van der Waals surface area contributed by atoms with Crippen LogP contribution in [0.4, 0.5) is 5.69 Å². The average Bonchev–Trinajstić information content (AvgIpc) is 2.12. The molecule has 0 unspecified atom stereocenters. The predicted octanol–water partition coefficient (Wildman–Crippen LogP) is 3.56. The van der Waals surface area contributed by atoms with Crippen molar-refractivity contribution in [3.05, 3.63) is 34.9 Å². The highest BCUT2D eigenvalue weighted by atomic mass is 35.5. The van der Waals surface area contributed by atoms with E-state index >= 15 is 0 Å². The van der Waals surface area contributed by atoms with Crippen LogP contribution in [0.25, 0.3) is 6.08 Å². The highest BCUT2D eigenvalue weighted by Gasteiger charge is 1.94. The SMILES string of the molecule is Nc1cc(C=CCCCl)ccc1Cl. The monoisotopic (exact) mass is 215 g/mol. The third-order valence-corrected chi connectivity index (χ3v) is 2.17. The lowest BCUT2D eigenvalue weighted by molar-refractivity contribution is 1.24. The van der Waals surface area contributed by atoms with Crippen LogP contribution in [-0.2, 0) is 0 Å². The molecule has 0 saturated carbocycles. The molecular weight excluding hydrogens is 205 g/mol. The maximum absolute atomic E-state index is 5.77. The van der Waals surface area contributed by atoms with Gasteiger partial charge in [-0.1, -0.05) is 29.8 Å². The van der Waals surface area contributed by atoms with E-state index in [4.69, 9.17) is 28.9 Å². The summed E-state index contributed by atoms with van der Waals surface area (Å²) in [5.74, 6) is 0.638. The first-order valence-corrected chi connectivity index (χ1v) is 4.93. The van der Waals surface area contributed by atoms with E-state index in [-0.39, 0.29) is 0 Å². The zero-order valence-corrected chi connectivity index (χ0v) is 8.65. The molecule has 0 amide bonds. The summed E-state index contributed by atoms with van der Waals surface area (Å²) in [6.07, 6.45) is 4.86. The van der Waals surface area contributed by atoms with Crippen molar-refractivity contribution >= 4 is 35.0 Å². The lowest BCUT2D eigenvalue weighted by Gasteiger charge is -1.98. The van der Waals surface area contributed by atoms with Crippen LogP contribution in [0.15, 0.2) is 24.3 Å². The summed E-state index contributed by atoms with van der Waals surface area (Å²) in [5, 5.41) is 0.592. The Labute approximate surface area is 88.1 Å². The third-order valence-electron chi connectivity index (χ3n) is 1.61. The Morgan fingerprint density at radius 3 is 2.77 bits per heavy atom. The van der Waals surface area contributed by atoms with Crippen molar-refractivity contribution in [2.75, 3.05) is 11.6 Å². The largest absolute Gasteiger partial charge is 0.398 e. The van der Waals surface area contributed by atoms with Gasteiger partial charge in [0.1, 0.15) is 0 Å². The van der Waals surface area contributed by atoms with Crippen LogP contribution in [0.5, 0.6) is 0 Å². The normalized spacial score (nSPS) is 10.9. The van der Waals surface area contributed by atoms with Gasteiger partial charge in [-0.2, -0.15) is 0 Å². The Hall–Kier alpha value is -0.660. The molecule has 1 aromatic carbocycles. The van der Waals surface area contributed by atoms with Gasteiger partial charge in [0.2, 0.25) is 0 Å². The fourth-order valence-corrected chi connectivity index (χ4v) is 1.19. The van der Waals surface area contributed by atoms with Crippen LogP contribution in [0.2, 0.25) is 5.02 Å². The number of hydrogen-bond acceptors (Lipinski definition) is 1. The molecule has 0 saturated heterocycles. The average molecular weight is 216 g/mol. The fraction of sp³-hybridized carbons (Fsp3) is 0.200. The lowest BCUT2D eigenvalue weighted by Crippen LogP contribution is -1.86. The number of halogens is 2. The standard InChI is InChI=1S/C10H11Cl2N/c11-6-2-1-3-8-4-5-9(12)10(13)7-8/h1,3-5,7H,2,6,13H2. The van der Waals surface area contributed by atoms with Crippen molar-refractivity contribution in [3.63, 3.8) is 0 Å². The summed E-state index contributed by atoms with van der Waals surface area (Å²) < 4.78 is 0. The summed E-state index contributed by atoms with van der Waals surface area (Å²) in [5.41, 5.74) is 7.29. The number of nitrogen functional groups attached to an aromatic ring is 1. The van der Waals surface area contributed by atoms with E-state index in [2.05, 4.69) is 0 Å². The van der Waals surface area contributed by atoms with Crippen LogP contribution in [0, 0.1) is 0 Å². The van der Waals surface area contributed by atoms with Gasteiger partial charge in [0.05, 0.1) is 10.7 Å². The van der Waals surface area contributed by atoms with Gasteiger partial charge in [-0.05, 0) is 24.1 Å². The molecule has 0 spiro atoms. The minimum absolute atomic E-state index is 0.592. The molecule has 1 nitrogen and oxygen atoms in total. The molecule has 1 rings (SSSR count). The van der Waals surface area contributed by atoms with E-state index in [9.17, 15) is 0 Å². The van der Waals surface area contributed by atoms with Crippen molar-refractivity contribution < 1.29 is 0 Å². The molecule has 0 atom stereocenters. The molecule has 0 aliphatic rings. The van der Waals surface area contributed by atoms with Crippen LogP contribution in [0.3, 0.4) is 0 Å². The molecule has 0 fully saturated rings. The molecule has 13 heavy (non-hydrogen) atoms. The second-order valence-corrected chi connectivity index (χ2v) is 3.45. The molecule has 0 aromatic heterocycles. The summed E-state index contributed by atoms with van der Waals surface area (Å²) in [6, 6.07) is 5.55. The van der Waals surface area contributed by atoms with E-state index in [1.165, 1.54) is 0 Å². The maximum atomic E-state index is 5.77. The van der Waals surface area contributed by atoms with Crippen molar-refractivity contribution in [1.82, 2.24) is 0 Å². The minimum Gasteiger partial charge on any atom is -0.398 e. The third kappa shape index (κ3) is 3.29. The summed E-state index contributed by atoms with van der Waals surface area (Å²) in [4.78, 5) is 0. The van der Waals surface area contributed by atoms with Crippen LogP contribution in [0.1, 0.15) is 12.0 Å². The number of rotatable bonds is 3. The Morgan fingerprint density at radius 2 is 2.15 bits per heavy atom. The van der Waals surface area contributed by atoms with E-state index < -0.39 is 0 Å². The van der Waals surface area contributed by atoms with Crippen LogP contribution in [-0.4, -0.2) is 5.88 Å². The van der Waals surface area contributed by atoms with E-state index in [0.29, 0.717) is 16.6 Å². The second kappa shape index (κ2) is 5.15. The number of anilines is 1. The van der Waals surface area contributed by atoms with Crippen molar-refractivity contribution in [2.24, 2.45) is 0 Å². The quantitative estimate of drug-likeness (QED) is 0.606. The van der Waals surface area contributed by atoms with Gasteiger partial charge in [-0.25, -0.2) is 0 Å². The van der Waals surface area contributed by atoms with Crippen molar-refractivity contribution in [1.29, 1.82) is 0 Å². The lowest BCUT2D eigenvalue weighted by atomic mass is 10.2. The minimum atomic E-state index is 0.592. The zero-order valence-electron chi connectivity index (χ0n) is 7.13. The van der Waals surface area contributed by atoms with Crippen molar-refractivity contribution in [3.8, 4) is 0 Å². The maximum Gasteiger partial charge on any atom is 0.0635 e. The first kappa shape index (κ1) is 10.4. The first-order valence-electron chi connectivity index (χ1n) is 4.01. The first-order chi connectivity index (χ1) is 6.24. The Kier molecular flexibility index (Phi) is 4.13. The molecule has 0 radical (unpaired) electrons. The van der Waals surface area contributed by atoms with E-state index in [1.54, 1.807) is 6.07 Å². The van der Waals surface area contributed by atoms with Gasteiger partial charge in [-0.3, -0.25) is 0 Å². The summed E-state index contributed by atoms with van der Waals surface area (Å²) >= 11 is 11.3. The number of hydrogen-bond donors (Lipinski definition) is 1. The smallest absolute Gasteiger partial charge is 0.0635 e. The number of nitrogens with two attached hydrogens (primary N) is 1. The molecule has 0 aliphatic carbocycles.